The maximum Gasteiger partial charge on any atom is -0.0126 e. The summed E-state index contributed by atoms with van der Waals surface area (Å²) < 4.78 is 0. The summed E-state index contributed by atoms with van der Waals surface area (Å²) in [4.78, 5) is 0. The van der Waals surface area contributed by atoms with Crippen molar-refractivity contribution in [2.75, 3.05) is 0 Å². The maximum atomic E-state index is 2.33. The Balaban J connectivity index is 3.62. The van der Waals surface area contributed by atoms with E-state index in [0.717, 1.165) is 0 Å². The van der Waals surface area contributed by atoms with Gasteiger partial charge < -0.3 is 0 Å². The topological polar surface area (TPSA) is 0 Å². The lowest BCUT2D eigenvalue weighted by Crippen LogP contribution is -2.18. The van der Waals surface area contributed by atoms with E-state index in [1.807, 2.05) is 0 Å². The predicted molar refractivity (Wildman–Crippen MR) is 78.1 cm³/mol. The molecule has 0 aliphatic carbocycles. The Morgan fingerprint density at radius 1 is 0.765 bits per heavy atom. The zero-order valence-electron chi connectivity index (χ0n) is 12.9. The molecule has 0 aliphatic rings. The minimum absolute atomic E-state index is 0.245. The van der Waals surface area contributed by atoms with Crippen molar-refractivity contribution in [1.29, 1.82) is 0 Å². The van der Waals surface area contributed by atoms with Crippen molar-refractivity contribution in [1.82, 2.24) is 0 Å². The van der Waals surface area contributed by atoms with Crippen LogP contribution >= 0.6 is 0 Å². The Kier molecular flexibility index (Phi) is 4.06. The average Bonchev–Trinajstić information content (AvgIpc) is 2.19. The van der Waals surface area contributed by atoms with Crippen molar-refractivity contribution >= 4 is 0 Å². The molecule has 0 fully saturated rings. The molecule has 0 saturated heterocycles. The van der Waals surface area contributed by atoms with Crippen LogP contribution in [-0.2, 0) is 11.8 Å². The lowest BCUT2D eigenvalue weighted by molar-refractivity contribution is 0.579. The van der Waals surface area contributed by atoms with Gasteiger partial charge in [0.15, 0.2) is 0 Å². The molecule has 0 bridgehead atoms. The van der Waals surface area contributed by atoms with Crippen LogP contribution in [0.2, 0.25) is 0 Å². The molecule has 1 aromatic carbocycles. The second-order valence-electron chi connectivity index (χ2n) is 6.35. The molecule has 1 aromatic rings. The third-order valence-electron chi connectivity index (χ3n) is 4.03. The molecule has 0 radical (unpaired) electrons. The van der Waals surface area contributed by atoms with E-state index < -0.39 is 0 Å². The second-order valence-corrected chi connectivity index (χ2v) is 6.35. The molecular weight excluding hydrogens is 204 g/mol. The summed E-state index contributed by atoms with van der Waals surface area (Å²) in [6.45, 7) is 18.4. The highest BCUT2D eigenvalue weighted by atomic mass is 14.3. The van der Waals surface area contributed by atoms with E-state index in [2.05, 4.69) is 55.4 Å². The van der Waals surface area contributed by atoms with Crippen LogP contribution in [0, 0.1) is 27.7 Å². The highest BCUT2D eigenvalue weighted by molar-refractivity contribution is 5.52. The molecule has 1 rings (SSSR count). The van der Waals surface area contributed by atoms with Crippen molar-refractivity contribution in [3.63, 3.8) is 0 Å². The third kappa shape index (κ3) is 2.56. The van der Waals surface area contributed by atoms with Crippen LogP contribution in [0.15, 0.2) is 0 Å². The van der Waals surface area contributed by atoms with Gasteiger partial charge in [-0.25, -0.2) is 0 Å². The third-order valence-corrected chi connectivity index (χ3v) is 4.03. The molecule has 0 atom stereocenters. The number of hydrogen-bond acceptors (Lipinski definition) is 0. The molecule has 0 aromatic heterocycles. The van der Waals surface area contributed by atoms with Gasteiger partial charge >= 0.3 is 0 Å². The summed E-state index contributed by atoms with van der Waals surface area (Å²) in [6.07, 6.45) is 2.44. The maximum absolute atomic E-state index is 2.33. The van der Waals surface area contributed by atoms with E-state index in [1.54, 1.807) is 11.1 Å². The lowest BCUT2D eigenvalue weighted by Gasteiger charge is -2.29. The summed E-state index contributed by atoms with van der Waals surface area (Å²) >= 11 is 0. The standard InChI is InChI=1S/C17H28/c1-9-10-15-12(3)11(2)13(4)16(14(15)5)17(6,7)8/h9-10H2,1-8H3. The van der Waals surface area contributed by atoms with E-state index in [4.69, 9.17) is 0 Å². The smallest absolute Gasteiger partial charge is 0.0126 e. The van der Waals surface area contributed by atoms with Gasteiger partial charge in [0.1, 0.15) is 0 Å². The Labute approximate surface area is 107 Å². The minimum Gasteiger partial charge on any atom is -0.0651 e. The van der Waals surface area contributed by atoms with Crippen molar-refractivity contribution in [3.05, 3.63) is 33.4 Å². The van der Waals surface area contributed by atoms with Gasteiger partial charge in [-0.1, -0.05) is 34.1 Å². The SMILES string of the molecule is CCCc1c(C)c(C)c(C)c(C(C)(C)C)c1C. The molecule has 0 saturated carbocycles. The first-order chi connectivity index (χ1) is 7.71. The van der Waals surface area contributed by atoms with Crippen LogP contribution in [0.3, 0.4) is 0 Å². The molecule has 0 aliphatic heterocycles. The van der Waals surface area contributed by atoms with Gasteiger partial charge in [0.25, 0.3) is 0 Å². The minimum atomic E-state index is 0.245. The Hall–Kier alpha value is -0.780. The Morgan fingerprint density at radius 3 is 1.71 bits per heavy atom. The highest BCUT2D eigenvalue weighted by Crippen LogP contribution is 2.35. The summed E-state index contributed by atoms with van der Waals surface area (Å²) in [6, 6.07) is 0. The zero-order chi connectivity index (χ0) is 13.4. The van der Waals surface area contributed by atoms with Crippen molar-refractivity contribution < 1.29 is 0 Å². The lowest BCUT2D eigenvalue weighted by atomic mass is 9.76. The summed E-state index contributed by atoms with van der Waals surface area (Å²) in [7, 11) is 0. The fourth-order valence-corrected chi connectivity index (χ4v) is 3.16. The van der Waals surface area contributed by atoms with Gasteiger partial charge in [-0.2, -0.15) is 0 Å². The Bertz CT molecular complexity index is 417. The van der Waals surface area contributed by atoms with Gasteiger partial charge in [-0.15, -0.1) is 0 Å². The van der Waals surface area contributed by atoms with E-state index in [-0.39, 0.29) is 5.41 Å². The van der Waals surface area contributed by atoms with Crippen LogP contribution in [0.25, 0.3) is 0 Å². The van der Waals surface area contributed by atoms with E-state index >= 15 is 0 Å². The molecule has 0 spiro atoms. The van der Waals surface area contributed by atoms with Gasteiger partial charge in [-0.3, -0.25) is 0 Å². The zero-order valence-corrected chi connectivity index (χ0v) is 12.9. The first-order valence-electron chi connectivity index (χ1n) is 6.81. The molecule has 17 heavy (non-hydrogen) atoms. The fourth-order valence-electron chi connectivity index (χ4n) is 3.16. The molecule has 0 amide bonds. The van der Waals surface area contributed by atoms with Gasteiger partial charge in [0.2, 0.25) is 0 Å². The molecule has 0 heterocycles. The molecule has 0 nitrogen and oxygen atoms in total. The number of rotatable bonds is 2. The molecule has 0 N–H and O–H groups in total. The van der Waals surface area contributed by atoms with Gasteiger partial charge in [0.05, 0.1) is 0 Å². The average molecular weight is 232 g/mol. The van der Waals surface area contributed by atoms with Crippen molar-refractivity contribution in [3.8, 4) is 0 Å². The first-order valence-corrected chi connectivity index (χ1v) is 6.81. The molecular formula is C17H28. The van der Waals surface area contributed by atoms with E-state index in [1.165, 1.54) is 35.1 Å². The van der Waals surface area contributed by atoms with Gasteiger partial charge in [0, 0.05) is 0 Å². The summed E-state index contributed by atoms with van der Waals surface area (Å²) in [5.74, 6) is 0. The first kappa shape index (κ1) is 14.3. The van der Waals surface area contributed by atoms with Crippen LogP contribution in [0.1, 0.15) is 67.5 Å². The number of hydrogen-bond donors (Lipinski definition) is 0. The van der Waals surface area contributed by atoms with E-state index in [0.29, 0.717) is 0 Å². The Morgan fingerprint density at radius 2 is 1.29 bits per heavy atom. The van der Waals surface area contributed by atoms with Gasteiger partial charge in [-0.05, 0) is 72.9 Å². The monoisotopic (exact) mass is 232 g/mol. The van der Waals surface area contributed by atoms with Crippen LogP contribution in [0.5, 0.6) is 0 Å². The largest absolute Gasteiger partial charge is 0.0651 e. The normalized spacial score (nSPS) is 12.0. The highest BCUT2D eigenvalue weighted by Gasteiger charge is 2.23. The van der Waals surface area contributed by atoms with Crippen LogP contribution in [-0.4, -0.2) is 0 Å². The van der Waals surface area contributed by atoms with Crippen molar-refractivity contribution in [2.24, 2.45) is 0 Å². The summed E-state index contributed by atoms with van der Waals surface area (Å²) in [5, 5.41) is 0. The summed E-state index contributed by atoms with van der Waals surface area (Å²) in [5.41, 5.74) is 9.41. The second kappa shape index (κ2) is 4.84. The molecule has 96 valence electrons. The molecule has 0 heteroatoms. The van der Waals surface area contributed by atoms with Crippen LogP contribution in [0.4, 0.5) is 0 Å². The van der Waals surface area contributed by atoms with E-state index in [9.17, 15) is 0 Å². The van der Waals surface area contributed by atoms with Crippen molar-refractivity contribution in [2.45, 2.75) is 73.6 Å². The number of benzene rings is 1. The quantitative estimate of drug-likeness (QED) is 0.660. The predicted octanol–water partition coefficient (Wildman–Crippen LogP) is 5.17. The molecule has 0 unspecified atom stereocenters. The van der Waals surface area contributed by atoms with Crippen LogP contribution < -0.4 is 0 Å². The fraction of sp³-hybridized carbons (Fsp3) is 0.647.